The van der Waals surface area contributed by atoms with Crippen LogP contribution < -0.4 is 0 Å². The molecular formula is C26H40O6. The summed E-state index contributed by atoms with van der Waals surface area (Å²) in [5.74, 6) is 0.993. The van der Waals surface area contributed by atoms with Crippen LogP contribution >= 0.6 is 0 Å². The van der Waals surface area contributed by atoms with E-state index >= 15 is 0 Å². The smallest absolute Gasteiger partial charge is 0.334 e. The van der Waals surface area contributed by atoms with E-state index in [1.807, 2.05) is 0 Å². The maximum Gasteiger partial charge on any atom is 0.334 e. The van der Waals surface area contributed by atoms with Crippen molar-refractivity contribution >= 4 is 5.97 Å². The molecule has 4 saturated carbocycles. The number of rotatable bonds is 10. The van der Waals surface area contributed by atoms with E-state index in [2.05, 4.69) is 13.8 Å². The van der Waals surface area contributed by atoms with E-state index in [0.717, 1.165) is 71.0 Å². The SMILES string of the molecule is CCC1(COC(=C(C)C(=O)O)C23CC4CC(CC(OCC5(CC)CCO5)(C4)C2)C3)CCO1. The Balaban J connectivity index is 1.41. The van der Waals surface area contributed by atoms with E-state index in [1.165, 1.54) is 6.42 Å². The van der Waals surface area contributed by atoms with Gasteiger partial charge in [0.05, 0.1) is 36.6 Å². The summed E-state index contributed by atoms with van der Waals surface area (Å²) in [5.41, 5.74) is -0.410. The summed E-state index contributed by atoms with van der Waals surface area (Å²) in [4.78, 5) is 12.1. The maximum absolute atomic E-state index is 12.1. The molecule has 4 unspecified atom stereocenters. The first-order valence-corrected chi connectivity index (χ1v) is 12.8. The van der Waals surface area contributed by atoms with Gasteiger partial charge in [0, 0.05) is 18.3 Å². The summed E-state index contributed by atoms with van der Waals surface area (Å²) in [5, 5.41) is 9.94. The Morgan fingerprint density at radius 1 is 0.969 bits per heavy atom. The van der Waals surface area contributed by atoms with Crippen molar-refractivity contribution in [3.05, 3.63) is 11.3 Å². The van der Waals surface area contributed by atoms with Gasteiger partial charge in [0.25, 0.3) is 0 Å². The van der Waals surface area contributed by atoms with Gasteiger partial charge in [-0.15, -0.1) is 0 Å². The third-order valence-electron chi connectivity index (χ3n) is 9.49. The second kappa shape index (κ2) is 7.99. The predicted octanol–water partition coefficient (Wildman–Crippen LogP) is 4.86. The van der Waals surface area contributed by atoms with Gasteiger partial charge in [0.1, 0.15) is 18.0 Å². The van der Waals surface area contributed by atoms with Crippen LogP contribution in [0.2, 0.25) is 0 Å². The second-order valence-corrected chi connectivity index (χ2v) is 11.5. The summed E-state index contributed by atoms with van der Waals surface area (Å²) in [6, 6.07) is 0. The van der Waals surface area contributed by atoms with Crippen LogP contribution in [0.25, 0.3) is 0 Å². The number of carbonyl (C=O) groups is 1. The first kappa shape index (κ1) is 22.7. The van der Waals surface area contributed by atoms with Gasteiger partial charge in [-0.05, 0) is 70.1 Å². The molecule has 6 aliphatic rings. The van der Waals surface area contributed by atoms with E-state index in [-0.39, 0.29) is 22.2 Å². The molecule has 0 radical (unpaired) electrons. The molecule has 2 saturated heterocycles. The summed E-state index contributed by atoms with van der Waals surface area (Å²) in [6.07, 6.45) is 10.2. The molecule has 0 aromatic rings. The Bertz CT molecular complexity index is 752. The quantitative estimate of drug-likeness (QED) is 0.380. The molecule has 2 aliphatic heterocycles. The topological polar surface area (TPSA) is 74.2 Å². The highest BCUT2D eigenvalue weighted by molar-refractivity contribution is 5.86. The molecule has 0 aromatic heterocycles. The summed E-state index contributed by atoms with van der Waals surface area (Å²) in [7, 11) is 0. The van der Waals surface area contributed by atoms with E-state index in [1.54, 1.807) is 6.92 Å². The second-order valence-electron chi connectivity index (χ2n) is 11.5. The molecule has 32 heavy (non-hydrogen) atoms. The Morgan fingerprint density at radius 2 is 1.53 bits per heavy atom. The minimum absolute atomic E-state index is 0.113. The lowest BCUT2D eigenvalue weighted by molar-refractivity contribution is -0.248. The fraction of sp³-hybridized carbons (Fsp3) is 0.885. The fourth-order valence-corrected chi connectivity index (χ4v) is 7.63. The Hall–Kier alpha value is -1.11. The highest BCUT2D eigenvalue weighted by Gasteiger charge is 2.61. The van der Waals surface area contributed by atoms with Crippen molar-refractivity contribution in [2.45, 2.75) is 102 Å². The van der Waals surface area contributed by atoms with Gasteiger partial charge in [-0.2, -0.15) is 0 Å². The number of allylic oxidation sites excluding steroid dienone is 1. The molecule has 4 bridgehead atoms. The lowest BCUT2D eigenvalue weighted by Crippen LogP contribution is -2.60. The average Bonchev–Trinajstić information content (AvgIpc) is 2.68. The normalized spacial score (nSPS) is 45.1. The van der Waals surface area contributed by atoms with Crippen LogP contribution in [0.5, 0.6) is 0 Å². The summed E-state index contributed by atoms with van der Waals surface area (Å²) in [6.45, 7) is 8.72. The molecule has 6 rings (SSSR count). The number of hydrogen-bond acceptors (Lipinski definition) is 5. The van der Waals surface area contributed by atoms with Gasteiger partial charge in [-0.1, -0.05) is 13.8 Å². The van der Waals surface area contributed by atoms with Crippen LogP contribution in [-0.4, -0.2) is 54.3 Å². The molecule has 4 aliphatic carbocycles. The van der Waals surface area contributed by atoms with Crippen LogP contribution in [0.15, 0.2) is 11.3 Å². The van der Waals surface area contributed by atoms with Gasteiger partial charge in [0.15, 0.2) is 0 Å². The van der Waals surface area contributed by atoms with E-state index in [9.17, 15) is 9.90 Å². The number of aliphatic carboxylic acids is 1. The molecule has 0 amide bonds. The van der Waals surface area contributed by atoms with Gasteiger partial charge in [-0.3, -0.25) is 0 Å². The molecule has 0 aromatic carbocycles. The molecule has 6 heteroatoms. The van der Waals surface area contributed by atoms with Crippen molar-refractivity contribution in [3.63, 3.8) is 0 Å². The Kier molecular flexibility index (Phi) is 5.66. The zero-order valence-electron chi connectivity index (χ0n) is 20.0. The van der Waals surface area contributed by atoms with Gasteiger partial charge >= 0.3 is 5.97 Å². The molecule has 2 heterocycles. The third kappa shape index (κ3) is 3.70. The van der Waals surface area contributed by atoms with Crippen molar-refractivity contribution < 1.29 is 28.8 Å². The first-order chi connectivity index (χ1) is 15.3. The largest absolute Gasteiger partial charge is 0.494 e. The average molecular weight is 449 g/mol. The fourth-order valence-electron chi connectivity index (χ4n) is 7.63. The molecule has 0 spiro atoms. The van der Waals surface area contributed by atoms with Gasteiger partial charge < -0.3 is 24.1 Å². The van der Waals surface area contributed by atoms with Gasteiger partial charge in [0.2, 0.25) is 0 Å². The van der Waals surface area contributed by atoms with Crippen molar-refractivity contribution in [1.82, 2.24) is 0 Å². The maximum atomic E-state index is 12.1. The number of hydrogen-bond donors (Lipinski definition) is 1. The van der Waals surface area contributed by atoms with Gasteiger partial charge in [-0.25, -0.2) is 4.79 Å². The van der Waals surface area contributed by atoms with Crippen LogP contribution in [0.4, 0.5) is 0 Å². The van der Waals surface area contributed by atoms with Crippen LogP contribution in [-0.2, 0) is 23.7 Å². The Morgan fingerprint density at radius 3 is 2.00 bits per heavy atom. The number of carboxylic acid groups (broad SMARTS) is 1. The zero-order valence-corrected chi connectivity index (χ0v) is 20.0. The minimum atomic E-state index is -0.876. The van der Waals surface area contributed by atoms with Crippen LogP contribution in [0.3, 0.4) is 0 Å². The standard InChI is InChI=1S/C26H40O6/c1-4-24(6-8-30-24)16-29-21(18(3)22(27)28)23-11-19-10-20(12-23)14-26(13-19,15-23)32-17-25(5-2)7-9-31-25/h19-20H,4-17H2,1-3H3,(H,27,28). The third-order valence-corrected chi connectivity index (χ3v) is 9.49. The number of carboxylic acids is 1. The van der Waals surface area contributed by atoms with Crippen molar-refractivity contribution in [3.8, 4) is 0 Å². The van der Waals surface area contributed by atoms with Crippen molar-refractivity contribution in [2.24, 2.45) is 17.3 Å². The molecule has 6 nitrogen and oxygen atoms in total. The molecule has 180 valence electrons. The zero-order chi connectivity index (χ0) is 22.6. The lowest BCUT2D eigenvalue weighted by atomic mass is 9.47. The summed E-state index contributed by atoms with van der Waals surface area (Å²) < 4.78 is 25.1. The molecular weight excluding hydrogens is 408 g/mol. The highest BCUT2D eigenvalue weighted by atomic mass is 16.6. The lowest BCUT2D eigenvalue weighted by Gasteiger charge is -2.62. The predicted molar refractivity (Wildman–Crippen MR) is 119 cm³/mol. The van der Waals surface area contributed by atoms with Crippen LogP contribution in [0, 0.1) is 17.3 Å². The monoisotopic (exact) mass is 448 g/mol. The highest BCUT2D eigenvalue weighted by Crippen LogP contribution is 2.66. The molecule has 4 atom stereocenters. The van der Waals surface area contributed by atoms with E-state index in [0.29, 0.717) is 36.4 Å². The minimum Gasteiger partial charge on any atom is -0.494 e. The van der Waals surface area contributed by atoms with E-state index in [4.69, 9.17) is 18.9 Å². The summed E-state index contributed by atoms with van der Waals surface area (Å²) >= 11 is 0. The van der Waals surface area contributed by atoms with Crippen molar-refractivity contribution in [1.29, 1.82) is 0 Å². The van der Waals surface area contributed by atoms with Crippen LogP contribution in [0.1, 0.15) is 85.0 Å². The molecule has 1 N–H and O–H groups in total. The first-order valence-electron chi connectivity index (χ1n) is 12.8. The number of ether oxygens (including phenoxy) is 4. The van der Waals surface area contributed by atoms with Crippen molar-refractivity contribution in [2.75, 3.05) is 26.4 Å². The van der Waals surface area contributed by atoms with E-state index < -0.39 is 5.97 Å². The Labute approximate surface area is 192 Å². The molecule has 6 fully saturated rings.